The standard InChI is InChI=1S/C27H27F3N4O/c1-4-16-31-22-14-8-6-10-18(22)17(2)32-26-20-12-9-15-23(35-3)24(20)33-25(34-26)19-11-5-7-13-21(19)27(28,29)30/h5-15,25,31,33H,2,4,16H2,1,3H3,(H,32,34). The van der Waals surface area contributed by atoms with E-state index in [0.717, 1.165) is 30.3 Å². The van der Waals surface area contributed by atoms with E-state index < -0.39 is 17.9 Å². The lowest BCUT2D eigenvalue weighted by atomic mass is 10.0. The molecular formula is C27H27F3N4O. The highest BCUT2D eigenvalue weighted by atomic mass is 19.4. The van der Waals surface area contributed by atoms with E-state index >= 15 is 0 Å². The SMILES string of the molecule is C=C(NC1=NC(c2ccccc2C(F)(F)F)Nc2c(OC)cccc21)c1ccccc1NCCC. The molecule has 5 nitrogen and oxygen atoms in total. The molecule has 1 unspecified atom stereocenters. The summed E-state index contributed by atoms with van der Waals surface area (Å²) < 4.78 is 46.8. The molecule has 1 aliphatic heterocycles. The Balaban J connectivity index is 1.77. The first-order valence-corrected chi connectivity index (χ1v) is 11.3. The van der Waals surface area contributed by atoms with Crippen molar-refractivity contribution in [2.75, 3.05) is 24.3 Å². The van der Waals surface area contributed by atoms with Crippen molar-refractivity contribution in [2.24, 2.45) is 4.99 Å². The summed E-state index contributed by atoms with van der Waals surface area (Å²) in [4.78, 5) is 4.66. The highest BCUT2D eigenvalue weighted by Crippen LogP contribution is 2.40. The van der Waals surface area contributed by atoms with Crippen LogP contribution in [0.15, 0.2) is 78.3 Å². The molecule has 0 radical (unpaired) electrons. The Labute approximate surface area is 202 Å². The minimum absolute atomic E-state index is 0.0199. The third-order valence-electron chi connectivity index (χ3n) is 5.69. The molecular weight excluding hydrogens is 453 g/mol. The van der Waals surface area contributed by atoms with E-state index in [1.807, 2.05) is 30.3 Å². The highest BCUT2D eigenvalue weighted by Gasteiger charge is 2.36. The van der Waals surface area contributed by atoms with Crippen LogP contribution in [-0.2, 0) is 6.18 Å². The molecule has 3 aromatic rings. The molecule has 1 aliphatic rings. The van der Waals surface area contributed by atoms with Crippen LogP contribution in [0.25, 0.3) is 5.70 Å². The fourth-order valence-corrected chi connectivity index (χ4v) is 4.03. The van der Waals surface area contributed by atoms with Gasteiger partial charge in [0.1, 0.15) is 17.8 Å². The van der Waals surface area contributed by atoms with E-state index in [4.69, 9.17) is 4.74 Å². The topological polar surface area (TPSA) is 57.7 Å². The van der Waals surface area contributed by atoms with Crippen LogP contribution in [0.1, 0.15) is 41.8 Å². The minimum Gasteiger partial charge on any atom is -0.495 e. The number of hydrogen-bond donors (Lipinski definition) is 3. The smallest absolute Gasteiger partial charge is 0.416 e. The number of methoxy groups -OCH3 is 1. The largest absolute Gasteiger partial charge is 0.495 e. The van der Waals surface area contributed by atoms with Crippen LogP contribution in [0.2, 0.25) is 0 Å². The fourth-order valence-electron chi connectivity index (χ4n) is 4.03. The van der Waals surface area contributed by atoms with Crippen molar-refractivity contribution in [3.8, 4) is 5.75 Å². The summed E-state index contributed by atoms with van der Waals surface area (Å²) >= 11 is 0. The summed E-state index contributed by atoms with van der Waals surface area (Å²) in [5.74, 6) is 0.900. The molecule has 1 atom stereocenters. The van der Waals surface area contributed by atoms with Crippen LogP contribution in [0.4, 0.5) is 24.5 Å². The van der Waals surface area contributed by atoms with Gasteiger partial charge in [0.05, 0.1) is 18.4 Å². The Bertz CT molecular complexity index is 1250. The zero-order valence-corrected chi connectivity index (χ0v) is 19.5. The molecule has 1 heterocycles. The quantitative estimate of drug-likeness (QED) is 0.354. The van der Waals surface area contributed by atoms with Crippen LogP contribution >= 0.6 is 0 Å². The third kappa shape index (κ3) is 5.11. The summed E-state index contributed by atoms with van der Waals surface area (Å²) in [6.07, 6.45) is -4.55. The minimum atomic E-state index is -4.52. The Hall–Kier alpha value is -3.94. The van der Waals surface area contributed by atoms with Gasteiger partial charge in [-0.05, 0) is 30.7 Å². The molecule has 0 aromatic heterocycles. The first-order valence-electron chi connectivity index (χ1n) is 11.3. The molecule has 0 fully saturated rings. The molecule has 0 saturated carbocycles. The number of anilines is 2. The van der Waals surface area contributed by atoms with Gasteiger partial charge in [0.25, 0.3) is 0 Å². The van der Waals surface area contributed by atoms with Crippen LogP contribution in [-0.4, -0.2) is 19.5 Å². The van der Waals surface area contributed by atoms with E-state index in [2.05, 4.69) is 34.4 Å². The molecule has 0 saturated heterocycles. The zero-order valence-electron chi connectivity index (χ0n) is 19.5. The van der Waals surface area contributed by atoms with Crippen LogP contribution < -0.4 is 20.7 Å². The highest BCUT2D eigenvalue weighted by molar-refractivity contribution is 6.09. The van der Waals surface area contributed by atoms with Gasteiger partial charge in [-0.3, -0.25) is 0 Å². The van der Waals surface area contributed by atoms with Gasteiger partial charge in [-0.2, -0.15) is 13.2 Å². The van der Waals surface area contributed by atoms with E-state index in [9.17, 15) is 13.2 Å². The number of para-hydroxylation sites is 2. The van der Waals surface area contributed by atoms with Gasteiger partial charge in [0.2, 0.25) is 0 Å². The van der Waals surface area contributed by atoms with Crippen molar-refractivity contribution < 1.29 is 17.9 Å². The molecule has 0 spiro atoms. The maximum absolute atomic E-state index is 13.8. The van der Waals surface area contributed by atoms with E-state index in [-0.39, 0.29) is 5.56 Å². The molecule has 4 rings (SSSR count). The first-order chi connectivity index (χ1) is 16.8. The number of rotatable bonds is 7. The van der Waals surface area contributed by atoms with Gasteiger partial charge in [-0.15, -0.1) is 0 Å². The number of nitrogens with one attached hydrogen (secondary N) is 3. The Morgan fingerprint density at radius 1 is 1.06 bits per heavy atom. The number of benzene rings is 3. The summed E-state index contributed by atoms with van der Waals surface area (Å²) in [6.45, 7) is 7.07. The van der Waals surface area contributed by atoms with Gasteiger partial charge >= 0.3 is 6.18 Å². The van der Waals surface area contributed by atoms with Gasteiger partial charge < -0.3 is 20.7 Å². The third-order valence-corrected chi connectivity index (χ3v) is 5.69. The number of halogens is 3. The van der Waals surface area contributed by atoms with E-state index in [0.29, 0.717) is 28.5 Å². The normalized spacial score (nSPS) is 14.9. The van der Waals surface area contributed by atoms with Gasteiger partial charge in [-0.25, -0.2) is 4.99 Å². The molecule has 182 valence electrons. The number of fused-ring (bicyclic) bond motifs is 1. The molecule has 8 heteroatoms. The monoisotopic (exact) mass is 480 g/mol. The summed E-state index contributed by atoms with van der Waals surface area (Å²) in [5.41, 5.74) is 2.83. The van der Waals surface area contributed by atoms with Crippen LogP contribution in [0, 0.1) is 0 Å². The lowest BCUT2D eigenvalue weighted by Gasteiger charge is -2.29. The Kier molecular flexibility index (Phi) is 7.00. The average molecular weight is 481 g/mol. The predicted molar refractivity (Wildman–Crippen MR) is 135 cm³/mol. The maximum Gasteiger partial charge on any atom is 0.416 e. The molecule has 3 aromatic carbocycles. The average Bonchev–Trinajstić information content (AvgIpc) is 2.86. The predicted octanol–water partition coefficient (Wildman–Crippen LogP) is 6.67. The number of ether oxygens (including phenoxy) is 1. The number of hydrogen-bond acceptors (Lipinski definition) is 5. The zero-order chi connectivity index (χ0) is 25.0. The van der Waals surface area contributed by atoms with Crippen molar-refractivity contribution >= 4 is 22.9 Å². The molecule has 0 bridgehead atoms. The molecule has 0 aliphatic carbocycles. The van der Waals surface area contributed by atoms with Crippen molar-refractivity contribution in [2.45, 2.75) is 25.7 Å². The van der Waals surface area contributed by atoms with Crippen molar-refractivity contribution in [3.05, 3.63) is 95.6 Å². The Morgan fingerprint density at radius 2 is 1.80 bits per heavy atom. The molecule has 3 N–H and O–H groups in total. The summed E-state index contributed by atoms with van der Waals surface area (Å²) in [7, 11) is 1.52. The summed E-state index contributed by atoms with van der Waals surface area (Å²) in [5, 5.41) is 9.77. The lowest BCUT2D eigenvalue weighted by Crippen LogP contribution is -2.31. The molecule has 35 heavy (non-hydrogen) atoms. The summed E-state index contributed by atoms with van der Waals surface area (Å²) in [6, 6.07) is 18.5. The lowest BCUT2D eigenvalue weighted by molar-refractivity contribution is -0.138. The second kappa shape index (κ2) is 10.1. The van der Waals surface area contributed by atoms with Crippen LogP contribution in [0.5, 0.6) is 5.75 Å². The number of aliphatic imine (C=N–C) groups is 1. The maximum atomic E-state index is 13.8. The molecule has 0 amide bonds. The number of amidine groups is 1. The Morgan fingerprint density at radius 3 is 2.54 bits per heavy atom. The van der Waals surface area contributed by atoms with Crippen LogP contribution in [0.3, 0.4) is 0 Å². The second-order valence-corrected chi connectivity index (χ2v) is 8.07. The van der Waals surface area contributed by atoms with Gasteiger partial charge in [-0.1, -0.05) is 56.0 Å². The van der Waals surface area contributed by atoms with Crippen molar-refractivity contribution in [1.29, 1.82) is 0 Å². The number of nitrogens with zero attached hydrogens (tertiary/aromatic N) is 1. The fraction of sp³-hybridized carbons (Fsp3) is 0.222. The van der Waals surface area contributed by atoms with Crippen molar-refractivity contribution in [1.82, 2.24) is 5.32 Å². The van der Waals surface area contributed by atoms with Gasteiger partial charge in [0.15, 0.2) is 0 Å². The van der Waals surface area contributed by atoms with Crippen molar-refractivity contribution in [3.63, 3.8) is 0 Å². The second-order valence-electron chi connectivity index (χ2n) is 8.07. The van der Waals surface area contributed by atoms with E-state index in [1.165, 1.54) is 19.2 Å². The van der Waals surface area contributed by atoms with Gasteiger partial charge in [0, 0.05) is 34.6 Å². The van der Waals surface area contributed by atoms with E-state index in [1.54, 1.807) is 18.2 Å². The number of alkyl halides is 3. The first kappa shape index (κ1) is 24.2.